The number of hydrogen-bond acceptors (Lipinski definition) is 2. The Morgan fingerprint density at radius 2 is 1.83 bits per heavy atom. The van der Waals surface area contributed by atoms with Crippen molar-refractivity contribution < 1.29 is 13.6 Å². The zero-order valence-electron chi connectivity index (χ0n) is 9.22. The molecule has 18 heavy (non-hydrogen) atoms. The molecule has 0 aromatic heterocycles. The van der Waals surface area contributed by atoms with Crippen LogP contribution in [0.3, 0.4) is 0 Å². The first-order valence-corrected chi connectivity index (χ1v) is 5.96. The summed E-state index contributed by atoms with van der Waals surface area (Å²) in [5.41, 5.74) is 0.449. The topological polar surface area (TPSA) is 32.3 Å². The van der Waals surface area contributed by atoms with Crippen molar-refractivity contribution in [3.8, 4) is 0 Å². The van der Waals surface area contributed by atoms with Gasteiger partial charge in [-0.1, -0.05) is 23.2 Å². The van der Waals surface area contributed by atoms with Crippen molar-refractivity contribution in [3.63, 3.8) is 0 Å². The summed E-state index contributed by atoms with van der Waals surface area (Å²) in [6.45, 7) is -0.826. The largest absolute Gasteiger partial charge is 0.325 e. The van der Waals surface area contributed by atoms with Crippen molar-refractivity contribution in [1.82, 2.24) is 4.90 Å². The molecule has 0 bridgehead atoms. The second-order valence-electron chi connectivity index (χ2n) is 4.21. The highest BCUT2D eigenvalue weighted by Gasteiger charge is 2.44. The summed E-state index contributed by atoms with van der Waals surface area (Å²) in [6.07, 6.45) is 0. The van der Waals surface area contributed by atoms with Crippen LogP contribution in [-0.2, 0) is 4.79 Å². The van der Waals surface area contributed by atoms with E-state index in [1.807, 2.05) is 0 Å². The molecule has 0 saturated carbocycles. The number of rotatable bonds is 3. The van der Waals surface area contributed by atoms with E-state index in [1.54, 1.807) is 0 Å². The summed E-state index contributed by atoms with van der Waals surface area (Å²) in [6, 6.07) is 4.61. The van der Waals surface area contributed by atoms with Gasteiger partial charge in [-0.05, 0) is 18.2 Å². The Labute approximate surface area is 113 Å². The first-order chi connectivity index (χ1) is 8.34. The number of alkyl halides is 2. The van der Waals surface area contributed by atoms with E-state index in [4.69, 9.17) is 23.2 Å². The minimum Gasteiger partial charge on any atom is -0.325 e. The number of benzene rings is 1. The van der Waals surface area contributed by atoms with Crippen LogP contribution in [-0.4, -0.2) is 36.4 Å². The first-order valence-electron chi connectivity index (χ1n) is 5.20. The molecule has 1 aromatic rings. The standard InChI is InChI=1S/C11H10Cl2F2N2O/c12-7-1-8(13)3-9(2-7)16-10(18)4-17-5-11(14,15)6-17/h1-3H,4-6H2,(H,16,18). The predicted molar refractivity (Wildman–Crippen MR) is 66.5 cm³/mol. The monoisotopic (exact) mass is 294 g/mol. The first kappa shape index (κ1) is 13.5. The van der Waals surface area contributed by atoms with E-state index in [0.29, 0.717) is 15.7 Å². The van der Waals surface area contributed by atoms with E-state index in [-0.39, 0.29) is 25.5 Å². The number of amides is 1. The minimum absolute atomic E-state index is 0.0697. The highest BCUT2D eigenvalue weighted by molar-refractivity contribution is 6.35. The summed E-state index contributed by atoms with van der Waals surface area (Å²) in [7, 11) is 0. The van der Waals surface area contributed by atoms with Crippen LogP contribution in [0.2, 0.25) is 10.0 Å². The van der Waals surface area contributed by atoms with E-state index in [0.717, 1.165) is 0 Å². The number of likely N-dealkylation sites (tertiary alicyclic amines) is 1. The smallest absolute Gasteiger partial charge is 0.272 e. The number of carbonyl (C=O) groups excluding carboxylic acids is 1. The molecular weight excluding hydrogens is 285 g/mol. The van der Waals surface area contributed by atoms with Gasteiger partial charge in [0.15, 0.2) is 0 Å². The third kappa shape index (κ3) is 3.54. The van der Waals surface area contributed by atoms with E-state index >= 15 is 0 Å². The Hall–Kier alpha value is -0.910. The number of hydrogen-bond donors (Lipinski definition) is 1. The summed E-state index contributed by atoms with van der Waals surface area (Å²) in [5, 5.41) is 3.35. The molecule has 1 fully saturated rings. The average molecular weight is 295 g/mol. The Balaban J connectivity index is 1.88. The molecule has 1 N–H and O–H groups in total. The molecule has 0 radical (unpaired) electrons. The molecule has 0 atom stereocenters. The lowest BCUT2D eigenvalue weighted by Gasteiger charge is -2.37. The normalized spacial score (nSPS) is 18.2. The molecule has 3 nitrogen and oxygen atoms in total. The van der Waals surface area contributed by atoms with Crippen LogP contribution >= 0.6 is 23.2 Å². The molecule has 1 heterocycles. The van der Waals surface area contributed by atoms with Gasteiger partial charge in [-0.25, -0.2) is 8.78 Å². The average Bonchev–Trinajstić information content (AvgIpc) is 2.11. The van der Waals surface area contributed by atoms with Crippen molar-refractivity contribution in [1.29, 1.82) is 0 Å². The van der Waals surface area contributed by atoms with Crippen molar-refractivity contribution in [3.05, 3.63) is 28.2 Å². The fourth-order valence-electron chi connectivity index (χ4n) is 1.75. The van der Waals surface area contributed by atoms with Crippen LogP contribution in [0.25, 0.3) is 0 Å². The van der Waals surface area contributed by atoms with Crippen LogP contribution in [0.15, 0.2) is 18.2 Å². The SMILES string of the molecule is O=C(CN1CC(F)(F)C1)Nc1cc(Cl)cc(Cl)c1. The van der Waals surface area contributed by atoms with Gasteiger partial charge in [-0.15, -0.1) is 0 Å². The summed E-state index contributed by atoms with van der Waals surface area (Å²) < 4.78 is 25.1. The van der Waals surface area contributed by atoms with Gasteiger partial charge in [-0.3, -0.25) is 9.69 Å². The zero-order chi connectivity index (χ0) is 13.3. The van der Waals surface area contributed by atoms with E-state index < -0.39 is 5.92 Å². The Morgan fingerprint density at radius 3 is 2.33 bits per heavy atom. The zero-order valence-corrected chi connectivity index (χ0v) is 10.7. The molecule has 1 aliphatic rings. The summed E-state index contributed by atoms with van der Waals surface area (Å²) in [5.74, 6) is -3.04. The van der Waals surface area contributed by atoms with Gasteiger partial charge < -0.3 is 5.32 Å². The van der Waals surface area contributed by atoms with Gasteiger partial charge in [0.1, 0.15) is 0 Å². The van der Waals surface area contributed by atoms with Gasteiger partial charge in [0.05, 0.1) is 19.6 Å². The number of nitrogens with one attached hydrogen (secondary N) is 1. The van der Waals surface area contributed by atoms with Gasteiger partial charge in [0, 0.05) is 15.7 Å². The number of halogens is 4. The molecule has 0 aliphatic carbocycles. The second-order valence-corrected chi connectivity index (χ2v) is 5.08. The third-order valence-electron chi connectivity index (χ3n) is 2.42. The Morgan fingerprint density at radius 1 is 1.28 bits per heavy atom. The molecule has 0 unspecified atom stereocenters. The molecule has 1 amide bonds. The third-order valence-corrected chi connectivity index (χ3v) is 2.86. The van der Waals surface area contributed by atoms with Crippen LogP contribution in [0.4, 0.5) is 14.5 Å². The fraction of sp³-hybridized carbons (Fsp3) is 0.364. The molecule has 1 saturated heterocycles. The molecule has 2 rings (SSSR count). The molecular formula is C11H10Cl2F2N2O. The maximum atomic E-state index is 12.6. The lowest BCUT2D eigenvalue weighted by molar-refractivity contribution is -0.141. The van der Waals surface area contributed by atoms with E-state index in [1.165, 1.54) is 23.1 Å². The lowest BCUT2D eigenvalue weighted by atomic mass is 10.1. The second kappa shape index (κ2) is 4.99. The van der Waals surface area contributed by atoms with Gasteiger partial charge >= 0.3 is 0 Å². The summed E-state index contributed by atoms with van der Waals surface area (Å²) in [4.78, 5) is 12.9. The molecule has 0 spiro atoms. The summed E-state index contributed by atoms with van der Waals surface area (Å²) >= 11 is 11.5. The van der Waals surface area contributed by atoms with Gasteiger partial charge in [-0.2, -0.15) is 0 Å². The van der Waals surface area contributed by atoms with Crippen LogP contribution in [0.5, 0.6) is 0 Å². The van der Waals surface area contributed by atoms with Gasteiger partial charge in [0.2, 0.25) is 5.91 Å². The number of anilines is 1. The molecule has 98 valence electrons. The van der Waals surface area contributed by atoms with Crippen LogP contribution < -0.4 is 5.32 Å². The van der Waals surface area contributed by atoms with Gasteiger partial charge in [0.25, 0.3) is 5.92 Å². The maximum Gasteiger partial charge on any atom is 0.272 e. The van der Waals surface area contributed by atoms with Crippen molar-refractivity contribution in [2.75, 3.05) is 25.0 Å². The Bertz CT molecular complexity index is 454. The quantitative estimate of drug-likeness (QED) is 0.930. The van der Waals surface area contributed by atoms with Crippen LogP contribution in [0.1, 0.15) is 0 Å². The van der Waals surface area contributed by atoms with Crippen molar-refractivity contribution in [2.24, 2.45) is 0 Å². The molecule has 7 heteroatoms. The fourth-order valence-corrected chi connectivity index (χ4v) is 2.28. The predicted octanol–water partition coefficient (Wildman–Crippen LogP) is 2.88. The van der Waals surface area contributed by atoms with E-state index in [9.17, 15) is 13.6 Å². The molecule has 1 aromatic carbocycles. The molecule has 1 aliphatic heterocycles. The van der Waals surface area contributed by atoms with Crippen LogP contribution in [0, 0.1) is 0 Å². The number of nitrogens with zero attached hydrogens (tertiary/aromatic N) is 1. The van der Waals surface area contributed by atoms with E-state index in [2.05, 4.69) is 5.32 Å². The lowest BCUT2D eigenvalue weighted by Crippen LogP contribution is -2.57. The number of carbonyl (C=O) groups is 1. The highest BCUT2D eigenvalue weighted by atomic mass is 35.5. The minimum atomic E-state index is -2.67. The van der Waals surface area contributed by atoms with Crippen molar-refractivity contribution in [2.45, 2.75) is 5.92 Å². The maximum absolute atomic E-state index is 12.6. The van der Waals surface area contributed by atoms with Crippen molar-refractivity contribution >= 4 is 34.8 Å². The highest BCUT2D eigenvalue weighted by Crippen LogP contribution is 2.26. The Kier molecular flexibility index (Phi) is 3.75.